The van der Waals surface area contributed by atoms with E-state index in [0.29, 0.717) is 45.8 Å². The van der Waals surface area contributed by atoms with Gasteiger partial charge >= 0.3 is 6.09 Å². The van der Waals surface area contributed by atoms with Gasteiger partial charge in [0.05, 0.1) is 32.2 Å². The summed E-state index contributed by atoms with van der Waals surface area (Å²) in [5, 5.41) is 0. The zero-order valence-corrected chi connectivity index (χ0v) is 14.1. The number of sulfonamides is 1. The van der Waals surface area contributed by atoms with Crippen LogP contribution in [-0.4, -0.2) is 77.8 Å². The molecule has 1 N–H and O–H groups in total. The minimum absolute atomic E-state index is 0.0746. The third-order valence-corrected chi connectivity index (χ3v) is 4.69. The highest BCUT2D eigenvalue weighted by atomic mass is 32.2. The van der Waals surface area contributed by atoms with Crippen molar-refractivity contribution in [2.24, 2.45) is 0 Å². The maximum atomic E-state index is 11.9. The van der Waals surface area contributed by atoms with Crippen LogP contribution in [0.3, 0.4) is 0 Å². The van der Waals surface area contributed by atoms with Crippen molar-refractivity contribution in [3.05, 3.63) is 0 Å². The van der Waals surface area contributed by atoms with Gasteiger partial charge in [0.25, 0.3) is 0 Å². The second kappa shape index (κ2) is 9.98. The molecule has 1 fully saturated rings. The minimum Gasteiger partial charge on any atom is -0.450 e. The van der Waals surface area contributed by atoms with Crippen molar-refractivity contribution in [3.63, 3.8) is 0 Å². The number of likely N-dealkylation sites (tertiary alicyclic amines) is 1. The smallest absolute Gasteiger partial charge is 0.409 e. The van der Waals surface area contributed by atoms with E-state index in [1.165, 1.54) is 0 Å². The van der Waals surface area contributed by atoms with E-state index >= 15 is 0 Å². The Morgan fingerprint density at radius 1 is 1.23 bits per heavy atom. The van der Waals surface area contributed by atoms with Gasteiger partial charge in [0, 0.05) is 26.2 Å². The number of carbonyl (C=O) groups is 1. The summed E-state index contributed by atoms with van der Waals surface area (Å²) in [6.07, 6.45) is 0.834. The molecule has 1 aliphatic heterocycles. The van der Waals surface area contributed by atoms with Crippen LogP contribution in [-0.2, 0) is 24.2 Å². The third-order valence-electron chi connectivity index (χ3n) is 3.30. The predicted molar refractivity (Wildman–Crippen MR) is 81.2 cm³/mol. The number of nitrogens with zero attached hydrogens (tertiary/aromatic N) is 1. The largest absolute Gasteiger partial charge is 0.450 e. The first-order valence-corrected chi connectivity index (χ1v) is 9.12. The Morgan fingerprint density at radius 2 is 1.91 bits per heavy atom. The average molecular weight is 338 g/mol. The van der Waals surface area contributed by atoms with E-state index in [0.717, 1.165) is 0 Å². The lowest BCUT2D eigenvalue weighted by atomic mass is 10.1. The molecule has 0 unspecified atom stereocenters. The number of hydrogen-bond acceptors (Lipinski definition) is 6. The van der Waals surface area contributed by atoms with E-state index in [2.05, 4.69) is 4.72 Å². The van der Waals surface area contributed by atoms with Crippen LogP contribution in [0.5, 0.6) is 0 Å². The summed E-state index contributed by atoms with van der Waals surface area (Å²) < 4.78 is 41.4. The van der Waals surface area contributed by atoms with E-state index in [-0.39, 0.29) is 24.5 Å². The minimum atomic E-state index is -3.37. The van der Waals surface area contributed by atoms with Gasteiger partial charge in [-0.3, -0.25) is 0 Å². The normalized spacial score (nSPS) is 16.7. The summed E-state index contributed by atoms with van der Waals surface area (Å²) in [7, 11) is -1.81. The van der Waals surface area contributed by atoms with Gasteiger partial charge in [-0.15, -0.1) is 0 Å². The number of rotatable bonds is 9. The number of nitrogens with one attached hydrogen (secondary N) is 1. The van der Waals surface area contributed by atoms with Crippen molar-refractivity contribution < 1.29 is 27.4 Å². The van der Waals surface area contributed by atoms with Crippen molar-refractivity contribution in [2.45, 2.75) is 25.8 Å². The van der Waals surface area contributed by atoms with E-state index in [9.17, 15) is 13.2 Å². The van der Waals surface area contributed by atoms with Gasteiger partial charge in [-0.05, 0) is 19.8 Å². The Hall–Kier alpha value is -0.900. The molecule has 0 aromatic carbocycles. The Labute approximate surface area is 132 Å². The number of carbonyl (C=O) groups excluding carboxylic acids is 1. The lowest BCUT2D eigenvalue weighted by Crippen LogP contribution is -2.47. The molecule has 9 heteroatoms. The zero-order valence-electron chi connectivity index (χ0n) is 13.2. The molecule has 0 atom stereocenters. The highest BCUT2D eigenvalue weighted by molar-refractivity contribution is 7.89. The van der Waals surface area contributed by atoms with Gasteiger partial charge in [0.15, 0.2) is 0 Å². The van der Waals surface area contributed by atoms with E-state index < -0.39 is 10.0 Å². The van der Waals surface area contributed by atoms with Gasteiger partial charge in [-0.1, -0.05) is 0 Å². The first-order chi connectivity index (χ1) is 10.5. The van der Waals surface area contributed by atoms with E-state index in [4.69, 9.17) is 14.2 Å². The zero-order chi connectivity index (χ0) is 16.4. The molecule has 0 aromatic rings. The van der Waals surface area contributed by atoms with Crippen LogP contribution in [0.15, 0.2) is 0 Å². The molecule has 1 aliphatic rings. The summed E-state index contributed by atoms with van der Waals surface area (Å²) >= 11 is 0. The van der Waals surface area contributed by atoms with Gasteiger partial charge in [-0.25, -0.2) is 17.9 Å². The summed E-state index contributed by atoms with van der Waals surface area (Å²) in [6, 6.07) is -0.144. The lowest BCUT2D eigenvalue weighted by Gasteiger charge is -2.31. The molecule has 0 saturated carbocycles. The molecule has 1 saturated heterocycles. The number of ether oxygens (including phenoxy) is 3. The van der Waals surface area contributed by atoms with Crippen molar-refractivity contribution in [3.8, 4) is 0 Å². The van der Waals surface area contributed by atoms with Gasteiger partial charge < -0.3 is 19.1 Å². The molecule has 0 aromatic heterocycles. The van der Waals surface area contributed by atoms with E-state index in [1.807, 2.05) is 0 Å². The molecule has 0 spiro atoms. The number of amides is 1. The van der Waals surface area contributed by atoms with Crippen LogP contribution < -0.4 is 4.72 Å². The molecule has 1 heterocycles. The molecule has 0 aliphatic carbocycles. The van der Waals surface area contributed by atoms with Crippen molar-refractivity contribution in [1.29, 1.82) is 0 Å². The van der Waals surface area contributed by atoms with Crippen LogP contribution in [0.4, 0.5) is 4.79 Å². The molecule has 130 valence electrons. The van der Waals surface area contributed by atoms with Gasteiger partial charge in [0.1, 0.15) is 0 Å². The number of piperidine rings is 1. The quantitative estimate of drug-likeness (QED) is 0.603. The molecule has 8 nitrogen and oxygen atoms in total. The number of hydrogen-bond donors (Lipinski definition) is 1. The molecule has 22 heavy (non-hydrogen) atoms. The first-order valence-electron chi connectivity index (χ1n) is 7.47. The average Bonchev–Trinajstić information content (AvgIpc) is 2.47. The van der Waals surface area contributed by atoms with Crippen LogP contribution in [0, 0.1) is 0 Å². The van der Waals surface area contributed by atoms with Crippen LogP contribution in [0.1, 0.15) is 19.8 Å². The Kier molecular flexibility index (Phi) is 8.69. The Bertz CT molecular complexity index is 420. The first kappa shape index (κ1) is 19.1. The van der Waals surface area contributed by atoms with Gasteiger partial charge in [-0.2, -0.15) is 0 Å². The fourth-order valence-electron chi connectivity index (χ4n) is 2.12. The fraction of sp³-hybridized carbons (Fsp3) is 0.923. The molecule has 1 rings (SSSR count). The molecular weight excluding hydrogens is 312 g/mol. The topological polar surface area (TPSA) is 94.2 Å². The molecule has 0 radical (unpaired) electrons. The maximum Gasteiger partial charge on any atom is 0.409 e. The third kappa shape index (κ3) is 7.39. The maximum absolute atomic E-state index is 11.9. The van der Waals surface area contributed by atoms with Crippen LogP contribution in [0.25, 0.3) is 0 Å². The van der Waals surface area contributed by atoms with Crippen LogP contribution >= 0.6 is 0 Å². The Balaban J connectivity index is 2.25. The molecular formula is C13H26N2O6S. The summed E-state index contributed by atoms with van der Waals surface area (Å²) in [5.74, 6) is -0.0746. The highest BCUT2D eigenvalue weighted by Crippen LogP contribution is 2.12. The van der Waals surface area contributed by atoms with E-state index in [1.54, 1.807) is 18.9 Å². The standard InChI is InChI=1S/C13H26N2O6S/c1-3-21-13(16)15-6-4-12(5-7-15)14-22(17,18)11-10-20-9-8-19-2/h12,14H,3-11H2,1-2H3. The number of methoxy groups -OCH3 is 1. The van der Waals surface area contributed by atoms with Crippen LogP contribution in [0.2, 0.25) is 0 Å². The predicted octanol–water partition coefficient (Wildman–Crippen LogP) is 0.190. The monoisotopic (exact) mass is 338 g/mol. The second-order valence-electron chi connectivity index (χ2n) is 5.00. The lowest BCUT2D eigenvalue weighted by molar-refractivity contribution is 0.0783. The van der Waals surface area contributed by atoms with Crippen molar-refractivity contribution >= 4 is 16.1 Å². The molecule has 1 amide bonds. The van der Waals surface area contributed by atoms with Crippen molar-refractivity contribution in [2.75, 3.05) is 52.4 Å². The van der Waals surface area contributed by atoms with Crippen molar-refractivity contribution in [1.82, 2.24) is 9.62 Å². The molecule has 0 bridgehead atoms. The highest BCUT2D eigenvalue weighted by Gasteiger charge is 2.26. The Morgan fingerprint density at radius 3 is 2.50 bits per heavy atom. The fourth-order valence-corrected chi connectivity index (χ4v) is 3.32. The summed E-state index contributed by atoms with van der Waals surface area (Å²) in [5.41, 5.74) is 0. The van der Waals surface area contributed by atoms with Gasteiger partial charge in [0.2, 0.25) is 10.0 Å². The SMILES string of the molecule is CCOC(=O)N1CCC(NS(=O)(=O)CCOCCOC)CC1. The summed E-state index contributed by atoms with van der Waals surface area (Å²) in [6.45, 7) is 4.05. The summed E-state index contributed by atoms with van der Waals surface area (Å²) in [4.78, 5) is 13.2. The second-order valence-corrected chi connectivity index (χ2v) is 6.88.